The van der Waals surface area contributed by atoms with Crippen LogP contribution in [0.4, 0.5) is 14.6 Å². The van der Waals surface area contributed by atoms with Gasteiger partial charge in [0.15, 0.2) is 11.6 Å². The zero-order valence-electron chi connectivity index (χ0n) is 16.3. The summed E-state index contributed by atoms with van der Waals surface area (Å²) < 4.78 is 39.6. The number of benzene rings is 1. The summed E-state index contributed by atoms with van der Waals surface area (Å²) in [6, 6.07) is 5.61. The third-order valence-corrected chi connectivity index (χ3v) is 4.52. The fraction of sp³-hybridized carbons (Fsp3) is 0.350. The highest BCUT2D eigenvalue weighted by atomic mass is 19.1. The summed E-state index contributed by atoms with van der Waals surface area (Å²) >= 11 is 0. The molecule has 4 N–H and O–H groups in total. The van der Waals surface area contributed by atoms with Gasteiger partial charge >= 0.3 is 5.97 Å². The highest BCUT2D eigenvalue weighted by Gasteiger charge is 2.43. The van der Waals surface area contributed by atoms with Crippen LogP contribution in [0.1, 0.15) is 18.9 Å². The largest absolute Gasteiger partial charge is 0.460 e. The van der Waals surface area contributed by atoms with Crippen molar-refractivity contribution in [1.29, 1.82) is 5.41 Å². The average Bonchev–Trinajstić information content (AvgIpc) is 2.65. The molecular formula is C20H22F2N4O4. The van der Waals surface area contributed by atoms with Crippen molar-refractivity contribution in [1.82, 2.24) is 4.98 Å². The number of hydrogen-bond acceptors (Lipinski definition) is 7. The molecule has 1 fully saturated rings. The Labute approximate surface area is 171 Å². The van der Waals surface area contributed by atoms with Gasteiger partial charge in [0.2, 0.25) is 5.79 Å². The zero-order chi connectivity index (χ0) is 21.9. The van der Waals surface area contributed by atoms with Crippen LogP contribution in [0.25, 0.3) is 11.1 Å². The van der Waals surface area contributed by atoms with Crippen LogP contribution in [-0.2, 0) is 20.9 Å². The second-order valence-electron chi connectivity index (χ2n) is 6.91. The minimum absolute atomic E-state index is 0.0397. The number of nitrogens with two attached hydrogens (primary N) is 1. The van der Waals surface area contributed by atoms with E-state index in [1.165, 1.54) is 23.2 Å². The lowest BCUT2D eigenvalue weighted by molar-refractivity contribution is -0.214. The van der Waals surface area contributed by atoms with E-state index in [0.29, 0.717) is 6.61 Å². The van der Waals surface area contributed by atoms with Crippen molar-refractivity contribution >= 4 is 17.6 Å². The summed E-state index contributed by atoms with van der Waals surface area (Å²) in [5.74, 6) is -3.70. The summed E-state index contributed by atoms with van der Waals surface area (Å²) in [5, 5.41) is 17.1. The number of aliphatic hydroxyl groups is 1. The maximum absolute atomic E-state index is 14.9. The van der Waals surface area contributed by atoms with Gasteiger partial charge in [-0.3, -0.25) is 10.2 Å². The van der Waals surface area contributed by atoms with E-state index in [-0.39, 0.29) is 54.5 Å². The van der Waals surface area contributed by atoms with Crippen molar-refractivity contribution in [3.8, 4) is 11.1 Å². The van der Waals surface area contributed by atoms with E-state index in [4.69, 9.17) is 20.6 Å². The molecule has 0 spiro atoms. The standard InChI is InChI=1S/C20H22F2N4O4/c1-2-30-20(28)10-26(11-20)19-15(21)6-13(8-25-19)14-5-3-4-12(18(14)22)9-29-17(27)7-16(23)24/h3-6,8,28H,2,7,9-11H2,1H3,(H3,23,24). The quantitative estimate of drug-likeness (QED) is 0.258. The summed E-state index contributed by atoms with van der Waals surface area (Å²) in [6.45, 7) is 1.91. The second-order valence-corrected chi connectivity index (χ2v) is 6.91. The minimum atomic E-state index is -1.32. The first-order valence-electron chi connectivity index (χ1n) is 9.25. The van der Waals surface area contributed by atoms with Crippen molar-refractivity contribution < 1.29 is 28.2 Å². The number of carbonyl (C=O) groups is 1. The number of carbonyl (C=O) groups excluding carboxylic acids is 1. The Hall–Kier alpha value is -3.11. The van der Waals surface area contributed by atoms with Crippen LogP contribution < -0.4 is 10.6 Å². The molecule has 2 heterocycles. The SMILES string of the molecule is CCOC1(O)CN(c2ncc(-c3cccc(COC(=O)CC(=N)N)c3F)cc2F)C1. The lowest BCUT2D eigenvalue weighted by Gasteiger charge is -2.46. The summed E-state index contributed by atoms with van der Waals surface area (Å²) in [6.07, 6.45) is 0.952. The van der Waals surface area contributed by atoms with Crippen LogP contribution >= 0.6 is 0 Å². The van der Waals surface area contributed by atoms with E-state index < -0.39 is 23.4 Å². The molecule has 2 aromatic rings. The minimum Gasteiger partial charge on any atom is -0.460 e. The molecule has 10 heteroatoms. The molecule has 0 unspecified atom stereocenters. The van der Waals surface area contributed by atoms with Gasteiger partial charge in [-0.1, -0.05) is 18.2 Å². The number of amidine groups is 1. The molecule has 0 saturated carbocycles. The first-order chi connectivity index (χ1) is 14.2. The molecular weight excluding hydrogens is 398 g/mol. The number of β-amino-alcohol motifs (C(OH)–C–C–N with tert-alkyl or cyclic N) is 1. The Balaban J connectivity index is 1.74. The van der Waals surface area contributed by atoms with Crippen LogP contribution in [0.3, 0.4) is 0 Å². The average molecular weight is 420 g/mol. The smallest absolute Gasteiger partial charge is 0.313 e. The number of pyridine rings is 1. The molecule has 30 heavy (non-hydrogen) atoms. The molecule has 0 aliphatic carbocycles. The number of aromatic nitrogens is 1. The number of nitrogens with zero attached hydrogens (tertiary/aromatic N) is 2. The third kappa shape index (κ3) is 4.71. The molecule has 1 aliphatic rings. The number of esters is 1. The molecule has 1 aromatic carbocycles. The molecule has 3 rings (SSSR count). The number of anilines is 1. The van der Waals surface area contributed by atoms with Gasteiger partial charge in [0.25, 0.3) is 0 Å². The number of nitrogens with one attached hydrogen (secondary N) is 1. The van der Waals surface area contributed by atoms with Crippen molar-refractivity contribution in [2.45, 2.75) is 25.7 Å². The molecule has 8 nitrogen and oxygen atoms in total. The zero-order valence-corrected chi connectivity index (χ0v) is 16.3. The van der Waals surface area contributed by atoms with Crippen LogP contribution in [0.2, 0.25) is 0 Å². The van der Waals surface area contributed by atoms with Crippen molar-refractivity contribution in [3.05, 3.63) is 47.7 Å². The number of halogens is 2. The van der Waals surface area contributed by atoms with Gasteiger partial charge in [-0.2, -0.15) is 0 Å². The van der Waals surface area contributed by atoms with Crippen molar-refractivity contribution in [2.24, 2.45) is 5.73 Å². The third-order valence-electron chi connectivity index (χ3n) is 4.52. The molecule has 160 valence electrons. The van der Waals surface area contributed by atoms with E-state index in [0.717, 1.165) is 6.07 Å². The van der Waals surface area contributed by atoms with Gasteiger partial charge in [-0.25, -0.2) is 13.8 Å². The van der Waals surface area contributed by atoms with Gasteiger partial charge in [0, 0.05) is 29.5 Å². The highest BCUT2D eigenvalue weighted by molar-refractivity contribution is 5.94. The molecule has 1 aromatic heterocycles. The van der Waals surface area contributed by atoms with E-state index in [1.807, 2.05) is 0 Å². The highest BCUT2D eigenvalue weighted by Crippen LogP contribution is 2.32. The van der Waals surface area contributed by atoms with Crippen LogP contribution in [0, 0.1) is 17.0 Å². The fourth-order valence-corrected chi connectivity index (χ4v) is 3.15. The first-order valence-corrected chi connectivity index (χ1v) is 9.25. The van der Waals surface area contributed by atoms with Crippen LogP contribution in [-0.4, -0.2) is 47.4 Å². The lowest BCUT2D eigenvalue weighted by Crippen LogP contribution is -2.64. The monoisotopic (exact) mass is 420 g/mol. The number of ether oxygens (including phenoxy) is 2. The predicted molar refractivity (Wildman–Crippen MR) is 105 cm³/mol. The molecule has 1 saturated heterocycles. The molecule has 0 bridgehead atoms. The fourth-order valence-electron chi connectivity index (χ4n) is 3.15. The topological polar surface area (TPSA) is 122 Å². The van der Waals surface area contributed by atoms with Crippen LogP contribution in [0.15, 0.2) is 30.5 Å². The maximum atomic E-state index is 14.9. The Morgan fingerprint density at radius 2 is 2.13 bits per heavy atom. The Kier molecular flexibility index (Phi) is 6.28. The van der Waals surface area contributed by atoms with Gasteiger partial charge in [0.1, 0.15) is 24.7 Å². The van der Waals surface area contributed by atoms with Crippen molar-refractivity contribution in [2.75, 3.05) is 24.6 Å². The molecule has 1 aliphatic heterocycles. The number of hydrogen-bond donors (Lipinski definition) is 3. The van der Waals surface area contributed by atoms with Gasteiger partial charge in [0.05, 0.1) is 13.1 Å². The van der Waals surface area contributed by atoms with Gasteiger partial charge < -0.3 is 25.2 Å². The van der Waals surface area contributed by atoms with E-state index in [9.17, 15) is 18.7 Å². The summed E-state index contributed by atoms with van der Waals surface area (Å²) in [5.41, 5.74) is 5.54. The summed E-state index contributed by atoms with van der Waals surface area (Å²) in [4.78, 5) is 17.1. The van der Waals surface area contributed by atoms with Crippen LogP contribution in [0.5, 0.6) is 0 Å². The lowest BCUT2D eigenvalue weighted by atomic mass is 10.0. The molecule has 0 radical (unpaired) electrons. The molecule has 0 atom stereocenters. The maximum Gasteiger partial charge on any atom is 0.313 e. The predicted octanol–water partition coefficient (Wildman–Crippen LogP) is 1.94. The Bertz CT molecular complexity index is 964. The molecule has 0 amide bonds. The van der Waals surface area contributed by atoms with E-state index >= 15 is 0 Å². The Morgan fingerprint density at radius 1 is 1.40 bits per heavy atom. The first kappa shape index (κ1) is 21.6. The van der Waals surface area contributed by atoms with Gasteiger partial charge in [-0.15, -0.1) is 0 Å². The second kappa shape index (κ2) is 8.72. The number of rotatable bonds is 8. The van der Waals surface area contributed by atoms with E-state index in [2.05, 4.69) is 4.98 Å². The van der Waals surface area contributed by atoms with Gasteiger partial charge in [-0.05, 0) is 13.0 Å². The summed E-state index contributed by atoms with van der Waals surface area (Å²) in [7, 11) is 0. The Morgan fingerprint density at radius 3 is 2.77 bits per heavy atom. The normalized spacial score (nSPS) is 14.9. The van der Waals surface area contributed by atoms with E-state index in [1.54, 1.807) is 13.0 Å². The van der Waals surface area contributed by atoms with Crippen molar-refractivity contribution in [3.63, 3.8) is 0 Å².